The summed E-state index contributed by atoms with van der Waals surface area (Å²) in [6, 6.07) is 7.19. The molecule has 0 fully saturated rings. The first-order valence-electron chi connectivity index (χ1n) is 6.29. The number of nitrogens with one attached hydrogen (secondary N) is 1. The molecule has 0 bridgehead atoms. The SMILES string of the molecule is CC(C)N[C@@H]1CCN(C)Cc2ccc(Cl)cc21. The number of hydrogen-bond donors (Lipinski definition) is 1. The van der Waals surface area contributed by atoms with Crippen LogP contribution in [0.3, 0.4) is 0 Å². The first-order valence-corrected chi connectivity index (χ1v) is 6.67. The van der Waals surface area contributed by atoms with E-state index in [-0.39, 0.29) is 0 Å². The summed E-state index contributed by atoms with van der Waals surface area (Å²) in [4.78, 5) is 2.37. The average molecular weight is 253 g/mol. The van der Waals surface area contributed by atoms with E-state index in [0.717, 1.165) is 24.5 Å². The van der Waals surface area contributed by atoms with E-state index >= 15 is 0 Å². The maximum Gasteiger partial charge on any atom is 0.0409 e. The Morgan fingerprint density at radius 3 is 2.88 bits per heavy atom. The molecule has 2 nitrogen and oxygen atoms in total. The zero-order chi connectivity index (χ0) is 12.4. The standard InChI is InChI=1S/C14H21ClN2/c1-10(2)16-14-6-7-17(3)9-11-4-5-12(15)8-13(11)14/h4-5,8,10,14,16H,6-7,9H2,1-3H3/t14-/m1/s1. The molecule has 1 N–H and O–H groups in total. The van der Waals surface area contributed by atoms with Crippen molar-refractivity contribution in [3.8, 4) is 0 Å². The van der Waals surface area contributed by atoms with Gasteiger partial charge in [-0.2, -0.15) is 0 Å². The van der Waals surface area contributed by atoms with Gasteiger partial charge in [-0.1, -0.05) is 31.5 Å². The molecule has 0 spiro atoms. The van der Waals surface area contributed by atoms with E-state index < -0.39 is 0 Å². The molecular formula is C14H21ClN2. The van der Waals surface area contributed by atoms with Crippen molar-refractivity contribution in [3.05, 3.63) is 34.3 Å². The van der Waals surface area contributed by atoms with Crippen LogP contribution in [0.2, 0.25) is 5.02 Å². The summed E-state index contributed by atoms with van der Waals surface area (Å²) in [6.07, 6.45) is 1.14. The molecule has 2 rings (SSSR count). The summed E-state index contributed by atoms with van der Waals surface area (Å²) in [7, 11) is 2.18. The molecular weight excluding hydrogens is 232 g/mol. The van der Waals surface area contributed by atoms with Gasteiger partial charge in [0.1, 0.15) is 0 Å². The Morgan fingerprint density at radius 1 is 1.41 bits per heavy atom. The molecule has 1 aromatic rings. The second-order valence-corrected chi connectivity index (χ2v) is 5.68. The smallest absolute Gasteiger partial charge is 0.0409 e. The van der Waals surface area contributed by atoms with Crippen molar-refractivity contribution in [1.29, 1.82) is 0 Å². The Morgan fingerprint density at radius 2 is 2.18 bits per heavy atom. The van der Waals surface area contributed by atoms with Crippen LogP contribution < -0.4 is 5.32 Å². The zero-order valence-electron chi connectivity index (χ0n) is 10.8. The molecule has 0 saturated heterocycles. The molecule has 1 aliphatic rings. The fraction of sp³-hybridized carbons (Fsp3) is 0.571. The van der Waals surface area contributed by atoms with Crippen molar-refractivity contribution in [2.75, 3.05) is 13.6 Å². The monoisotopic (exact) mass is 252 g/mol. The number of hydrogen-bond acceptors (Lipinski definition) is 2. The summed E-state index contributed by atoms with van der Waals surface area (Å²) in [5, 5.41) is 4.48. The minimum Gasteiger partial charge on any atom is -0.308 e. The second-order valence-electron chi connectivity index (χ2n) is 5.24. The number of nitrogens with zero attached hydrogens (tertiary/aromatic N) is 1. The lowest BCUT2D eigenvalue weighted by molar-refractivity contribution is 0.313. The third-order valence-electron chi connectivity index (χ3n) is 3.26. The highest BCUT2D eigenvalue weighted by Gasteiger charge is 2.21. The summed E-state index contributed by atoms with van der Waals surface area (Å²) in [5.74, 6) is 0. The van der Waals surface area contributed by atoms with Crippen LogP contribution >= 0.6 is 11.6 Å². The van der Waals surface area contributed by atoms with Gasteiger partial charge in [0.2, 0.25) is 0 Å². The Balaban J connectivity index is 2.33. The molecule has 0 radical (unpaired) electrons. The van der Waals surface area contributed by atoms with Crippen LogP contribution in [0.15, 0.2) is 18.2 Å². The third kappa shape index (κ3) is 3.21. The second kappa shape index (κ2) is 5.38. The number of fused-ring (bicyclic) bond motifs is 1. The summed E-state index contributed by atoms with van der Waals surface area (Å²) in [5.41, 5.74) is 2.77. The van der Waals surface area contributed by atoms with Crippen molar-refractivity contribution >= 4 is 11.6 Å². The van der Waals surface area contributed by atoms with Crippen molar-refractivity contribution in [1.82, 2.24) is 10.2 Å². The predicted octanol–water partition coefficient (Wildman–Crippen LogP) is 3.21. The van der Waals surface area contributed by atoms with E-state index in [1.54, 1.807) is 0 Å². The van der Waals surface area contributed by atoms with Gasteiger partial charge < -0.3 is 10.2 Å². The van der Waals surface area contributed by atoms with Crippen molar-refractivity contribution < 1.29 is 0 Å². The van der Waals surface area contributed by atoms with Crippen molar-refractivity contribution in [2.24, 2.45) is 0 Å². The van der Waals surface area contributed by atoms with Gasteiger partial charge in [-0.25, -0.2) is 0 Å². The maximum atomic E-state index is 6.13. The van der Waals surface area contributed by atoms with Gasteiger partial charge in [0.05, 0.1) is 0 Å². The molecule has 1 aromatic carbocycles. The minimum atomic E-state index is 0.425. The lowest BCUT2D eigenvalue weighted by atomic mass is 9.99. The Labute approximate surface area is 109 Å². The summed E-state index contributed by atoms with van der Waals surface area (Å²) >= 11 is 6.13. The molecule has 1 atom stereocenters. The van der Waals surface area contributed by atoms with E-state index in [2.05, 4.69) is 43.2 Å². The van der Waals surface area contributed by atoms with Crippen LogP contribution in [0.5, 0.6) is 0 Å². The number of rotatable bonds is 2. The Kier molecular flexibility index (Phi) is 4.08. The molecule has 0 aromatic heterocycles. The predicted molar refractivity (Wildman–Crippen MR) is 73.4 cm³/mol. The van der Waals surface area contributed by atoms with Crippen molar-refractivity contribution in [2.45, 2.75) is 38.9 Å². The minimum absolute atomic E-state index is 0.425. The van der Waals surface area contributed by atoms with E-state index in [9.17, 15) is 0 Å². The molecule has 0 aliphatic carbocycles. The Bertz CT molecular complexity index is 390. The Hall–Kier alpha value is -0.570. The lowest BCUT2D eigenvalue weighted by Gasteiger charge is -2.21. The molecule has 94 valence electrons. The fourth-order valence-electron chi connectivity index (χ4n) is 2.48. The van der Waals surface area contributed by atoms with Crippen LogP contribution in [-0.2, 0) is 6.54 Å². The molecule has 3 heteroatoms. The maximum absolute atomic E-state index is 6.13. The highest BCUT2D eigenvalue weighted by Crippen LogP contribution is 2.29. The van der Waals surface area contributed by atoms with Crippen LogP contribution in [0.4, 0.5) is 0 Å². The third-order valence-corrected chi connectivity index (χ3v) is 3.49. The summed E-state index contributed by atoms with van der Waals surface area (Å²) < 4.78 is 0. The van der Waals surface area contributed by atoms with Crippen molar-refractivity contribution in [3.63, 3.8) is 0 Å². The van der Waals surface area contributed by atoms with E-state index in [1.807, 2.05) is 6.07 Å². The van der Waals surface area contributed by atoms with Gasteiger partial charge in [0.25, 0.3) is 0 Å². The van der Waals surface area contributed by atoms with E-state index in [4.69, 9.17) is 11.6 Å². The van der Waals surface area contributed by atoms with Gasteiger partial charge >= 0.3 is 0 Å². The van der Waals surface area contributed by atoms with E-state index in [1.165, 1.54) is 11.1 Å². The lowest BCUT2D eigenvalue weighted by Crippen LogP contribution is -2.29. The van der Waals surface area contributed by atoms with Gasteiger partial charge in [-0.15, -0.1) is 0 Å². The van der Waals surface area contributed by atoms with Crippen LogP contribution in [0.25, 0.3) is 0 Å². The zero-order valence-corrected chi connectivity index (χ0v) is 11.6. The van der Waals surface area contributed by atoms with Gasteiger partial charge in [-0.05, 0) is 43.3 Å². The van der Waals surface area contributed by atoms with Crippen LogP contribution in [0.1, 0.15) is 37.4 Å². The highest BCUT2D eigenvalue weighted by atomic mass is 35.5. The highest BCUT2D eigenvalue weighted by molar-refractivity contribution is 6.30. The molecule has 17 heavy (non-hydrogen) atoms. The van der Waals surface area contributed by atoms with Crippen LogP contribution in [0, 0.1) is 0 Å². The molecule has 1 heterocycles. The fourth-order valence-corrected chi connectivity index (χ4v) is 2.67. The largest absolute Gasteiger partial charge is 0.308 e. The van der Waals surface area contributed by atoms with Crippen LogP contribution in [-0.4, -0.2) is 24.5 Å². The van der Waals surface area contributed by atoms with Gasteiger partial charge in [-0.3, -0.25) is 0 Å². The van der Waals surface area contributed by atoms with Gasteiger partial charge in [0, 0.05) is 23.7 Å². The molecule has 0 unspecified atom stereocenters. The topological polar surface area (TPSA) is 15.3 Å². The number of halogens is 1. The first kappa shape index (κ1) is 12.9. The molecule has 1 aliphatic heterocycles. The molecule has 0 amide bonds. The first-order chi connectivity index (χ1) is 8.06. The van der Waals surface area contributed by atoms with E-state index in [0.29, 0.717) is 12.1 Å². The normalized spacial score (nSPS) is 21.4. The number of benzene rings is 1. The average Bonchev–Trinajstić information content (AvgIpc) is 2.39. The summed E-state index contributed by atoms with van der Waals surface area (Å²) in [6.45, 7) is 6.52. The molecule has 0 saturated carbocycles. The quantitative estimate of drug-likeness (QED) is 0.870. The van der Waals surface area contributed by atoms with Gasteiger partial charge in [0.15, 0.2) is 0 Å².